The van der Waals surface area contributed by atoms with E-state index in [4.69, 9.17) is 0 Å². The second-order valence-corrected chi connectivity index (χ2v) is 6.75. The Labute approximate surface area is 120 Å². The van der Waals surface area contributed by atoms with Crippen LogP contribution in [0.5, 0.6) is 0 Å². The van der Waals surface area contributed by atoms with E-state index >= 15 is 0 Å². The lowest BCUT2D eigenvalue weighted by atomic mass is 9.78. The van der Waals surface area contributed by atoms with Crippen LogP contribution < -0.4 is 5.32 Å². The minimum absolute atomic E-state index is 0.729. The molecule has 1 saturated carbocycles. The van der Waals surface area contributed by atoms with Crippen molar-refractivity contribution < 1.29 is 0 Å². The van der Waals surface area contributed by atoms with Crippen LogP contribution in [0.3, 0.4) is 0 Å². The van der Waals surface area contributed by atoms with E-state index in [1.807, 2.05) is 0 Å². The summed E-state index contributed by atoms with van der Waals surface area (Å²) in [7, 11) is 0. The summed E-state index contributed by atoms with van der Waals surface area (Å²) in [6, 6.07) is 1.64. The molecule has 2 aliphatic rings. The lowest BCUT2D eigenvalue weighted by Gasteiger charge is -2.47. The van der Waals surface area contributed by atoms with Gasteiger partial charge in [0.25, 0.3) is 0 Å². The maximum atomic E-state index is 3.67. The molecule has 0 amide bonds. The predicted octanol–water partition coefficient (Wildman–Crippen LogP) is 3.81. The molecule has 0 aromatic carbocycles. The summed E-state index contributed by atoms with van der Waals surface area (Å²) in [6.07, 6.45) is 12.9. The van der Waals surface area contributed by atoms with Gasteiger partial charge in [0, 0.05) is 18.6 Å². The summed E-state index contributed by atoms with van der Waals surface area (Å²) in [4.78, 5) is 2.83. The van der Waals surface area contributed by atoms with Crippen LogP contribution in [-0.2, 0) is 0 Å². The molecule has 3 atom stereocenters. The molecule has 2 heteroatoms. The Morgan fingerprint density at radius 1 is 1.11 bits per heavy atom. The summed E-state index contributed by atoms with van der Waals surface area (Å²) in [6.45, 7) is 8.45. The molecule has 2 fully saturated rings. The third-order valence-corrected chi connectivity index (χ3v) is 5.25. The lowest BCUT2D eigenvalue weighted by Crippen LogP contribution is -2.53. The molecule has 0 radical (unpaired) electrons. The molecule has 1 N–H and O–H groups in total. The smallest absolute Gasteiger partial charge is 0.0195 e. The molecule has 0 bridgehead atoms. The van der Waals surface area contributed by atoms with E-state index in [2.05, 4.69) is 24.1 Å². The topological polar surface area (TPSA) is 15.3 Å². The summed E-state index contributed by atoms with van der Waals surface area (Å²) >= 11 is 0. The van der Waals surface area contributed by atoms with Gasteiger partial charge in [-0.05, 0) is 58.0 Å². The first-order valence-corrected chi connectivity index (χ1v) is 8.79. The third-order valence-electron chi connectivity index (χ3n) is 5.25. The van der Waals surface area contributed by atoms with Crippen molar-refractivity contribution in [1.82, 2.24) is 10.2 Å². The number of nitrogens with zero attached hydrogens (tertiary/aromatic N) is 1. The van der Waals surface area contributed by atoms with Gasteiger partial charge >= 0.3 is 0 Å². The fraction of sp³-hybridized carbons (Fsp3) is 1.00. The van der Waals surface area contributed by atoms with E-state index in [1.165, 1.54) is 77.4 Å². The Balaban J connectivity index is 1.72. The molecular formula is C17H34N2. The van der Waals surface area contributed by atoms with E-state index in [1.54, 1.807) is 0 Å². The van der Waals surface area contributed by atoms with Crippen molar-refractivity contribution in [1.29, 1.82) is 0 Å². The van der Waals surface area contributed by atoms with Gasteiger partial charge in [0.05, 0.1) is 0 Å². The van der Waals surface area contributed by atoms with Gasteiger partial charge < -0.3 is 5.32 Å². The fourth-order valence-electron chi connectivity index (χ4n) is 4.14. The first-order chi connectivity index (χ1) is 9.33. The third kappa shape index (κ3) is 4.46. The SMILES string of the molecule is CCCCCNCC(C)N1CCC[C@H]2CCCC[C@H]21. The van der Waals surface area contributed by atoms with Crippen LogP contribution in [0.2, 0.25) is 0 Å². The van der Waals surface area contributed by atoms with Crippen LogP contribution in [0.25, 0.3) is 0 Å². The molecule has 1 aliphatic carbocycles. The van der Waals surface area contributed by atoms with Crippen LogP contribution >= 0.6 is 0 Å². The number of hydrogen-bond acceptors (Lipinski definition) is 2. The highest BCUT2D eigenvalue weighted by molar-refractivity contribution is 4.89. The molecule has 2 nitrogen and oxygen atoms in total. The number of hydrogen-bond donors (Lipinski definition) is 1. The van der Waals surface area contributed by atoms with E-state index in [0.717, 1.165) is 18.0 Å². The van der Waals surface area contributed by atoms with Gasteiger partial charge in [0.2, 0.25) is 0 Å². The molecular weight excluding hydrogens is 232 g/mol. The minimum atomic E-state index is 0.729. The summed E-state index contributed by atoms with van der Waals surface area (Å²) < 4.78 is 0. The molecule has 0 aromatic heterocycles. The van der Waals surface area contributed by atoms with Crippen molar-refractivity contribution in [2.45, 2.75) is 83.7 Å². The van der Waals surface area contributed by atoms with E-state index < -0.39 is 0 Å². The van der Waals surface area contributed by atoms with Crippen molar-refractivity contribution in [2.24, 2.45) is 5.92 Å². The average molecular weight is 266 g/mol. The van der Waals surface area contributed by atoms with Gasteiger partial charge in [-0.15, -0.1) is 0 Å². The van der Waals surface area contributed by atoms with Gasteiger partial charge in [0.1, 0.15) is 0 Å². The molecule has 19 heavy (non-hydrogen) atoms. The standard InChI is InChI=1S/C17H34N2/c1-3-4-7-12-18-14-15(2)19-13-8-10-16-9-5-6-11-17(16)19/h15-18H,3-14H2,1-2H3/t15?,16-,17-/m1/s1. The Hall–Kier alpha value is -0.0800. The zero-order chi connectivity index (χ0) is 13.5. The maximum Gasteiger partial charge on any atom is 0.0195 e. The molecule has 1 saturated heterocycles. The predicted molar refractivity (Wildman–Crippen MR) is 83.5 cm³/mol. The Bertz CT molecular complexity index is 239. The summed E-state index contributed by atoms with van der Waals surface area (Å²) in [5, 5.41) is 3.67. The Morgan fingerprint density at radius 2 is 1.89 bits per heavy atom. The highest BCUT2D eigenvalue weighted by atomic mass is 15.2. The van der Waals surface area contributed by atoms with Crippen LogP contribution in [0.4, 0.5) is 0 Å². The molecule has 1 unspecified atom stereocenters. The van der Waals surface area contributed by atoms with E-state index in [-0.39, 0.29) is 0 Å². The summed E-state index contributed by atoms with van der Waals surface area (Å²) in [5.41, 5.74) is 0. The normalized spacial score (nSPS) is 30.0. The van der Waals surface area contributed by atoms with Crippen LogP contribution in [-0.4, -0.2) is 36.6 Å². The molecule has 0 spiro atoms. The average Bonchev–Trinajstić information content (AvgIpc) is 2.46. The van der Waals surface area contributed by atoms with Crippen molar-refractivity contribution in [2.75, 3.05) is 19.6 Å². The second-order valence-electron chi connectivity index (χ2n) is 6.75. The molecule has 1 heterocycles. The number of nitrogens with one attached hydrogen (secondary N) is 1. The number of rotatable bonds is 7. The van der Waals surface area contributed by atoms with Gasteiger partial charge in [-0.2, -0.15) is 0 Å². The monoisotopic (exact) mass is 266 g/mol. The minimum Gasteiger partial charge on any atom is -0.315 e. The Kier molecular flexibility index (Phi) is 6.66. The van der Waals surface area contributed by atoms with Crippen molar-refractivity contribution >= 4 is 0 Å². The first kappa shape index (κ1) is 15.3. The fourth-order valence-corrected chi connectivity index (χ4v) is 4.14. The van der Waals surface area contributed by atoms with Crippen LogP contribution in [0.1, 0.15) is 71.6 Å². The van der Waals surface area contributed by atoms with Crippen LogP contribution in [0.15, 0.2) is 0 Å². The summed E-state index contributed by atoms with van der Waals surface area (Å²) in [5.74, 6) is 1.02. The van der Waals surface area contributed by atoms with Crippen LogP contribution in [0, 0.1) is 5.92 Å². The van der Waals surface area contributed by atoms with E-state index in [0.29, 0.717) is 0 Å². The zero-order valence-corrected chi connectivity index (χ0v) is 13.2. The van der Waals surface area contributed by atoms with Crippen molar-refractivity contribution in [3.63, 3.8) is 0 Å². The molecule has 0 aromatic rings. The van der Waals surface area contributed by atoms with Crippen molar-refractivity contribution in [3.8, 4) is 0 Å². The zero-order valence-electron chi connectivity index (χ0n) is 13.2. The van der Waals surface area contributed by atoms with Gasteiger partial charge in [0.15, 0.2) is 0 Å². The quantitative estimate of drug-likeness (QED) is 0.705. The molecule has 1 aliphatic heterocycles. The largest absolute Gasteiger partial charge is 0.315 e. The second kappa shape index (κ2) is 8.26. The Morgan fingerprint density at radius 3 is 2.74 bits per heavy atom. The number of fused-ring (bicyclic) bond motifs is 1. The van der Waals surface area contributed by atoms with Crippen molar-refractivity contribution in [3.05, 3.63) is 0 Å². The maximum absolute atomic E-state index is 3.67. The highest BCUT2D eigenvalue weighted by Gasteiger charge is 2.34. The number of unbranched alkanes of at least 4 members (excludes halogenated alkanes) is 2. The van der Waals surface area contributed by atoms with E-state index in [9.17, 15) is 0 Å². The number of likely N-dealkylation sites (tertiary alicyclic amines) is 1. The molecule has 112 valence electrons. The number of piperidine rings is 1. The first-order valence-electron chi connectivity index (χ1n) is 8.79. The highest BCUT2D eigenvalue weighted by Crippen LogP contribution is 2.36. The molecule has 2 rings (SSSR count). The van der Waals surface area contributed by atoms with Gasteiger partial charge in [-0.1, -0.05) is 32.6 Å². The van der Waals surface area contributed by atoms with Gasteiger partial charge in [-0.25, -0.2) is 0 Å². The van der Waals surface area contributed by atoms with Gasteiger partial charge in [-0.3, -0.25) is 4.90 Å². The lowest BCUT2D eigenvalue weighted by molar-refractivity contribution is 0.0315.